The third-order valence-corrected chi connectivity index (χ3v) is 21.2. The van der Waals surface area contributed by atoms with Crippen molar-refractivity contribution >= 4 is 39.1 Å². The normalized spacial score (nSPS) is 12.6. The first-order chi connectivity index (χ1) is 25.2. The molecule has 22 heteroatoms. The first kappa shape index (κ1) is 43.8. The Kier molecular flexibility index (Phi) is 11.9. The van der Waals surface area contributed by atoms with Gasteiger partial charge in [0.15, 0.2) is 63.9 Å². The van der Waals surface area contributed by atoms with Crippen LogP contribution >= 0.6 is 0 Å². The number of benzene rings is 4. The molecule has 55 heavy (non-hydrogen) atoms. The van der Waals surface area contributed by atoms with Gasteiger partial charge in [-0.15, -0.1) is 17.7 Å². The molecule has 4 rings (SSSR count). The standard InChI is InChI=1S/C15H21F4OSi.3C6F5.Al/c1-8(2)21(9(3)4,10(5)6)20-15-12(17)7-11(16)13(18)14(15)19;3*7-2-1-3(8)5(10)6(11)4(2)9;/h8-10H,1-6H3;;;;/q;;;;-1. The van der Waals surface area contributed by atoms with Gasteiger partial charge in [-0.25, -0.2) is 79.0 Å². The molecule has 0 heterocycles. The summed E-state index contributed by atoms with van der Waals surface area (Å²) in [7, 11) is -4.04. The molecule has 0 radical (unpaired) electrons. The molecular weight excluding hydrogens is 828 g/mol. The van der Waals surface area contributed by atoms with Crippen LogP contribution in [0.15, 0.2) is 0 Å². The molecule has 0 atom stereocenters. The third-order valence-electron chi connectivity index (χ3n) is 9.71. The topological polar surface area (TPSA) is 9.23 Å². The van der Waals surface area contributed by atoms with E-state index in [0.717, 1.165) is 0 Å². The summed E-state index contributed by atoms with van der Waals surface area (Å²) in [5, 5.41) is 0. The van der Waals surface area contributed by atoms with Gasteiger partial charge in [0, 0.05) is 0 Å². The monoisotopic (exact) mass is 849 g/mol. The van der Waals surface area contributed by atoms with Crippen LogP contribution in [0.3, 0.4) is 0 Å². The van der Waals surface area contributed by atoms with Crippen molar-refractivity contribution in [1.82, 2.24) is 0 Å². The summed E-state index contributed by atoms with van der Waals surface area (Å²) in [5.41, 5.74) is -2.56. The van der Waals surface area contributed by atoms with Crippen LogP contribution in [-0.4, -0.2) is 21.4 Å². The Bertz CT molecular complexity index is 1980. The van der Waals surface area contributed by atoms with Crippen molar-refractivity contribution in [2.45, 2.75) is 58.2 Å². The molecule has 0 saturated carbocycles. The molecule has 0 unspecified atom stereocenters. The van der Waals surface area contributed by atoms with E-state index in [9.17, 15) is 13.2 Å². The van der Waals surface area contributed by atoms with Crippen LogP contribution in [0, 0.1) is 111 Å². The molecule has 4 aromatic carbocycles. The lowest BCUT2D eigenvalue weighted by Crippen LogP contribution is -2.81. The smallest absolute Gasteiger partial charge is 0.300 e. The van der Waals surface area contributed by atoms with Crippen LogP contribution in [-0.2, 0) is 0 Å². The van der Waals surface area contributed by atoms with E-state index in [0.29, 0.717) is 0 Å². The fourth-order valence-electron chi connectivity index (χ4n) is 7.50. The summed E-state index contributed by atoms with van der Waals surface area (Å²) >= 11 is -9.09. The van der Waals surface area contributed by atoms with E-state index < -0.39 is 172 Å². The van der Waals surface area contributed by atoms with Gasteiger partial charge in [0.1, 0.15) is 46.5 Å². The molecule has 0 bridgehead atoms. The minimum absolute atomic E-state index is 0.854. The fraction of sp³-hybridized carbons (Fsp3) is 0.273. The van der Waals surface area contributed by atoms with Crippen LogP contribution in [0.4, 0.5) is 83.4 Å². The van der Waals surface area contributed by atoms with Crippen molar-refractivity contribution in [3.63, 3.8) is 0 Å². The maximum Gasteiger partial charge on any atom is 0.300 e. The lowest BCUT2D eigenvalue weighted by atomic mass is 10.2. The van der Waals surface area contributed by atoms with Gasteiger partial charge in [-0.1, -0.05) is 41.5 Å². The molecule has 0 spiro atoms. The Morgan fingerprint density at radius 3 is 0.691 bits per heavy atom. The molecule has 0 N–H and O–H groups in total. The molecule has 0 fully saturated rings. The zero-order valence-corrected chi connectivity index (χ0v) is 30.6. The zero-order valence-electron chi connectivity index (χ0n) is 28.4. The van der Waals surface area contributed by atoms with E-state index in [4.69, 9.17) is 4.43 Å². The summed E-state index contributed by atoms with van der Waals surface area (Å²) in [6.07, 6.45) is 0. The molecule has 0 aliphatic rings. The summed E-state index contributed by atoms with van der Waals surface area (Å²) < 4.78 is 287. The highest BCUT2D eigenvalue weighted by Crippen LogP contribution is 2.44. The molecule has 0 saturated heterocycles. The molecule has 4 aromatic rings. The second kappa shape index (κ2) is 14.9. The van der Waals surface area contributed by atoms with E-state index in [1.165, 1.54) is 41.5 Å². The largest absolute Gasteiger partial charge is 0.539 e. The molecule has 0 aliphatic heterocycles. The number of hydrogen-bond donors (Lipinski definition) is 0. The lowest BCUT2D eigenvalue weighted by molar-refractivity contribution is 0.376. The average molecular weight is 850 g/mol. The maximum atomic E-state index is 17.3. The van der Waals surface area contributed by atoms with Gasteiger partial charge in [-0.2, -0.15) is 4.39 Å². The average Bonchev–Trinajstić information content (AvgIpc) is 3.11. The molecular formula is C33H21AlF19OSi-. The fourth-order valence-corrected chi connectivity index (χ4v) is 18.5. The number of hydrogen-bond acceptors (Lipinski definition) is 1. The van der Waals surface area contributed by atoms with Crippen LogP contribution in [0.2, 0.25) is 16.6 Å². The summed E-state index contributed by atoms with van der Waals surface area (Å²) in [6.45, 7) is 8.18. The van der Waals surface area contributed by atoms with Gasteiger partial charge < -0.3 is 4.43 Å². The Morgan fingerprint density at radius 2 is 0.473 bits per heavy atom. The van der Waals surface area contributed by atoms with Crippen LogP contribution in [0.5, 0.6) is 5.75 Å². The third kappa shape index (κ3) is 5.99. The predicted molar refractivity (Wildman–Crippen MR) is 161 cm³/mol. The van der Waals surface area contributed by atoms with Gasteiger partial charge in [0.2, 0.25) is 5.82 Å². The molecule has 300 valence electrons. The van der Waals surface area contributed by atoms with Crippen LogP contribution in [0.25, 0.3) is 0 Å². The second-order valence-corrected chi connectivity index (χ2v) is 22.7. The van der Waals surface area contributed by atoms with Crippen molar-refractivity contribution in [3.05, 3.63) is 111 Å². The van der Waals surface area contributed by atoms with Crippen molar-refractivity contribution in [2.24, 2.45) is 0 Å². The summed E-state index contributed by atoms with van der Waals surface area (Å²) in [6, 6.07) is 0. The van der Waals surface area contributed by atoms with Crippen LogP contribution in [0.1, 0.15) is 41.5 Å². The SMILES string of the molecule is CC(C)[Si](Oc1c(F)c(F)c(F)[c]([Al-]([c]2c(F)c(F)c(F)c(F)c2F)([c]2c(F)c(F)c(F)c(F)c2F)[c]2c(F)c(F)c(F)c(F)c2F)c1F)(C(C)C)C(C)C. The first-order valence-corrected chi connectivity index (χ1v) is 19.9. The molecule has 0 aromatic heterocycles. The maximum absolute atomic E-state index is 17.3. The molecule has 1 nitrogen and oxygen atoms in total. The van der Waals surface area contributed by atoms with E-state index in [2.05, 4.69) is 0 Å². The predicted octanol–water partition coefficient (Wildman–Crippen LogP) is 9.26. The minimum Gasteiger partial charge on any atom is -0.539 e. The Morgan fingerprint density at radius 1 is 0.291 bits per heavy atom. The van der Waals surface area contributed by atoms with Gasteiger partial charge >= 0.3 is 13.1 Å². The Hall–Kier alpha value is -3.90. The summed E-state index contributed by atoms with van der Waals surface area (Å²) in [4.78, 5) is 0. The Balaban J connectivity index is 2.66. The second-order valence-electron chi connectivity index (χ2n) is 13.2. The van der Waals surface area contributed by atoms with Crippen molar-refractivity contribution in [1.29, 1.82) is 0 Å². The van der Waals surface area contributed by atoms with Crippen molar-refractivity contribution in [3.8, 4) is 5.75 Å². The van der Waals surface area contributed by atoms with E-state index in [1.54, 1.807) is 0 Å². The highest BCUT2D eigenvalue weighted by Gasteiger charge is 2.56. The lowest BCUT2D eigenvalue weighted by Gasteiger charge is -2.44. The zero-order chi connectivity index (χ0) is 42.3. The number of rotatable bonds is 9. The van der Waals surface area contributed by atoms with Gasteiger partial charge in [0.25, 0.3) is 8.32 Å². The van der Waals surface area contributed by atoms with Crippen LogP contribution < -0.4 is 22.1 Å². The minimum atomic E-state index is -9.09. The first-order valence-electron chi connectivity index (χ1n) is 15.5. The summed E-state index contributed by atoms with van der Waals surface area (Å²) in [5.74, 6) is -66.7. The van der Waals surface area contributed by atoms with E-state index in [-0.39, 0.29) is 0 Å². The highest BCUT2D eigenvalue weighted by atomic mass is 28.4. The molecule has 0 amide bonds. The Labute approximate surface area is 301 Å². The van der Waals surface area contributed by atoms with E-state index >= 15 is 70.2 Å². The highest BCUT2D eigenvalue weighted by molar-refractivity contribution is 7.20. The molecule has 0 aliphatic carbocycles. The van der Waals surface area contributed by atoms with Crippen molar-refractivity contribution < 1.29 is 87.8 Å². The van der Waals surface area contributed by atoms with Gasteiger partial charge in [0.05, 0.1) is 0 Å². The van der Waals surface area contributed by atoms with E-state index in [1.807, 2.05) is 0 Å². The van der Waals surface area contributed by atoms with Gasteiger partial charge in [-0.3, -0.25) is 0 Å². The quantitative estimate of drug-likeness (QED) is 0.0707. The van der Waals surface area contributed by atoms with Crippen molar-refractivity contribution in [2.75, 3.05) is 0 Å². The number of halogens is 19. The van der Waals surface area contributed by atoms with Gasteiger partial charge in [-0.05, 0) is 16.6 Å².